The van der Waals surface area contributed by atoms with E-state index in [1.165, 1.54) is 16.6 Å². The first kappa shape index (κ1) is 21.4. The van der Waals surface area contributed by atoms with E-state index in [2.05, 4.69) is 11.4 Å². The van der Waals surface area contributed by atoms with E-state index < -0.39 is 0 Å². The summed E-state index contributed by atoms with van der Waals surface area (Å²) < 4.78 is 1.62. The number of nitriles is 1. The van der Waals surface area contributed by atoms with E-state index in [1.807, 2.05) is 30.3 Å². The van der Waals surface area contributed by atoms with Gasteiger partial charge in [0, 0.05) is 4.88 Å². The SMILES string of the molecule is N#Cc1ccccc1NC(=O)CSc1nc2sc3c(c2c(=O)n1-c1ccccc1)CCCC3. The zero-order chi connectivity index (χ0) is 22.8. The highest BCUT2D eigenvalue weighted by atomic mass is 32.2. The van der Waals surface area contributed by atoms with Crippen molar-refractivity contribution in [3.8, 4) is 11.8 Å². The summed E-state index contributed by atoms with van der Waals surface area (Å²) in [5.74, 6) is -0.197. The maximum atomic E-state index is 13.7. The van der Waals surface area contributed by atoms with Gasteiger partial charge in [0.25, 0.3) is 5.56 Å². The Morgan fingerprint density at radius 1 is 1.12 bits per heavy atom. The number of nitrogens with zero attached hydrogens (tertiary/aromatic N) is 3. The van der Waals surface area contributed by atoms with Crippen LogP contribution in [-0.2, 0) is 17.6 Å². The largest absolute Gasteiger partial charge is 0.324 e. The lowest BCUT2D eigenvalue weighted by atomic mass is 9.97. The molecular formula is C25H20N4O2S2. The minimum absolute atomic E-state index is 0.0651. The Balaban J connectivity index is 1.51. The number of amides is 1. The van der Waals surface area contributed by atoms with Crippen molar-refractivity contribution >= 4 is 44.9 Å². The molecule has 8 heteroatoms. The van der Waals surface area contributed by atoms with Crippen molar-refractivity contribution in [2.24, 2.45) is 0 Å². The molecule has 4 aromatic rings. The molecule has 1 aliphatic carbocycles. The number of carbonyl (C=O) groups excluding carboxylic acids is 1. The second-order valence-electron chi connectivity index (χ2n) is 7.76. The molecular weight excluding hydrogens is 452 g/mol. The highest BCUT2D eigenvalue weighted by Gasteiger charge is 2.23. The van der Waals surface area contributed by atoms with Crippen molar-refractivity contribution in [3.63, 3.8) is 0 Å². The number of para-hydroxylation sites is 2. The molecule has 0 radical (unpaired) electrons. The highest BCUT2D eigenvalue weighted by molar-refractivity contribution is 7.99. The quantitative estimate of drug-likeness (QED) is 0.329. The third-order valence-corrected chi connectivity index (χ3v) is 7.75. The van der Waals surface area contributed by atoms with Crippen LogP contribution in [0.25, 0.3) is 15.9 Å². The lowest BCUT2D eigenvalue weighted by molar-refractivity contribution is -0.113. The van der Waals surface area contributed by atoms with Gasteiger partial charge in [-0.05, 0) is 55.5 Å². The third-order valence-electron chi connectivity index (χ3n) is 5.63. The molecule has 6 nitrogen and oxygen atoms in total. The summed E-state index contributed by atoms with van der Waals surface area (Å²) in [5.41, 5.74) is 2.67. The molecule has 2 aromatic carbocycles. The van der Waals surface area contributed by atoms with Gasteiger partial charge in [-0.3, -0.25) is 14.2 Å². The summed E-state index contributed by atoms with van der Waals surface area (Å²) in [7, 11) is 0. The minimum Gasteiger partial charge on any atom is -0.324 e. The number of aromatic nitrogens is 2. The Bertz CT molecular complexity index is 1450. The van der Waals surface area contributed by atoms with Crippen molar-refractivity contribution in [1.82, 2.24) is 9.55 Å². The van der Waals surface area contributed by atoms with Gasteiger partial charge in [0.05, 0.1) is 28.1 Å². The van der Waals surface area contributed by atoms with Crippen LogP contribution in [0.15, 0.2) is 64.5 Å². The summed E-state index contributed by atoms with van der Waals surface area (Å²) in [4.78, 5) is 33.2. The van der Waals surface area contributed by atoms with Crippen LogP contribution in [0.3, 0.4) is 0 Å². The lowest BCUT2D eigenvalue weighted by Crippen LogP contribution is -2.23. The number of fused-ring (bicyclic) bond motifs is 3. The molecule has 1 amide bonds. The lowest BCUT2D eigenvalue weighted by Gasteiger charge is -2.13. The molecule has 0 fully saturated rings. The topological polar surface area (TPSA) is 87.8 Å². The molecule has 1 N–H and O–H groups in total. The molecule has 2 heterocycles. The third kappa shape index (κ3) is 4.17. The van der Waals surface area contributed by atoms with E-state index >= 15 is 0 Å². The van der Waals surface area contributed by atoms with Crippen molar-refractivity contribution in [2.75, 3.05) is 11.1 Å². The Morgan fingerprint density at radius 2 is 1.88 bits per heavy atom. The zero-order valence-electron chi connectivity index (χ0n) is 17.7. The predicted molar refractivity (Wildman–Crippen MR) is 132 cm³/mol. The molecule has 5 rings (SSSR count). The first-order valence-corrected chi connectivity index (χ1v) is 12.5. The van der Waals surface area contributed by atoms with Crippen LogP contribution in [-0.4, -0.2) is 21.2 Å². The smallest absolute Gasteiger partial charge is 0.267 e. The minimum atomic E-state index is -0.262. The number of hydrogen-bond donors (Lipinski definition) is 1. The number of thioether (sulfide) groups is 1. The van der Waals surface area contributed by atoms with Gasteiger partial charge >= 0.3 is 0 Å². The average molecular weight is 473 g/mol. The highest BCUT2D eigenvalue weighted by Crippen LogP contribution is 2.35. The summed E-state index contributed by atoms with van der Waals surface area (Å²) in [6.45, 7) is 0. The fourth-order valence-corrected chi connectivity index (χ4v) is 6.21. The zero-order valence-corrected chi connectivity index (χ0v) is 19.3. The van der Waals surface area contributed by atoms with Gasteiger partial charge < -0.3 is 5.32 Å². The van der Waals surface area contributed by atoms with Gasteiger partial charge in [0.15, 0.2) is 5.16 Å². The second-order valence-corrected chi connectivity index (χ2v) is 9.78. The summed E-state index contributed by atoms with van der Waals surface area (Å²) in [6, 6.07) is 18.4. The van der Waals surface area contributed by atoms with Gasteiger partial charge in [-0.25, -0.2) is 4.98 Å². The van der Waals surface area contributed by atoms with Crippen LogP contribution < -0.4 is 10.9 Å². The summed E-state index contributed by atoms with van der Waals surface area (Å²) in [5, 5.41) is 13.2. The van der Waals surface area contributed by atoms with Crippen molar-refractivity contribution in [3.05, 3.63) is 81.0 Å². The molecule has 0 spiro atoms. The van der Waals surface area contributed by atoms with Crippen molar-refractivity contribution in [1.29, 1.82) is 5.26 Å². The number of carbonyl (C=O) groups is 1. The number of nitrogens with one attached hydrogen (secondary N) is 1. The maximum absolute atomic E-state index is 13.7. The number of benzene rings is 2. The van der Waals surface area contributed by atoms with Crippen LogP contribution in [0.2, 0.25) is 0 Å². The van der Waals surface area contributed by atoms with Crippen LogP contribution in [0.1, 0.15) is 28.8 Å². The Morgan fingerprint density at radius 3 is 2.70 bits per heavy atom. The summed E-state index contributed by atoms with van der Waals surface area (Å²) >= 11 is 2.82. The van der Waals surface area contributed by atoms with Crippen LogP contribution in [0, 0.1) is 11.3 Å². The fourth-order valence-electron chi connectivity index (χ4n) is 4.09. The van der Waals surface area contributed by atoms with Gasteiger partial charge in [-0.1, -0.05) is 42.1 Å². The van der Waals surface area contributed by atoms with Gasteiger partial charge in [0.2, 0.25) is 5.91 Å². The van der Waals surface area contributed by atoms with Crippen molar-refractivity contribution < 1.29 is 4.79 Å². The Kier molecular flexibility index (Phi) is 5.99. The van der Waals surface area contributed by atoms with E-state index in [-0.39, 0.29) is 17.2 Å². The molecule has 1 aliphatic rings. The number of rotatable bonds is 5. The first-order chi connectivity index (χ1) is 16.2. The number of aryl methyl sites for hydroxylation is 2. The molecule has 0 saturated carbocycles. The predicted octanol–water partition coefficient (Wildman–Crippen LogP) is 4.93. The molecule has 0 atom stereocenters. The van der Waals surface area contributed by atoms with E-state index in [9.17, 15) is 14.9 Å². The maximum Gasteiger partial charge on any atom is 0.267 e. The Hall–Kier alpha value is -3.41. The molecule has 0 bridgehead atoms. The Labute approximate surface area is 198 Å². The van der Waals surface area contributed by atoms with E-state index in [0.717, 1.165) is 47.2 Å². The van der Waals surface area contributed by atoms with E-state index in [1.54, 1.807) is 40.2 Å². The normalized spacial score (nSPS) is 12.8. The van der Waals surface area contributed by atoms with Gasteiger partial charge in [-0.2, -0.15) is 5.26 Å². The average Bonchev–Trinajstić information content (AvgIpc) is 3.22. The van der Waals surface area contributed by atoms with Crippen LogP contribution in [0.4, 0.5) is 5.69 Å². The van der Waals surface area contributed by atoms with Crippen LogP contribution in [0.5, 0.6) is 0 Å². The molecule has 0 saturated heterocycles. The molecule has 2 aromatic heterocycles. The molecule has 0 unspecified atom stereocenters. The van der Waals surface area contributed by atoms with Gasteiger partial charge in [0.1, 0.15) is 10.9 Å². The first-order valence-electron chi connectivity index (χ1n) is 10.7. The standard InChI is InChI=1S/C25H20N4O2S2/c26-14-16-8-4-6-12-19(16)27-21(30)15-32-25-28-23-22(18-11-5-7-13-20(18)33-23)24(31)29(25)17-9-2-1-3-10-17/h1-4,6,8-10,12H,5,7,11,13,15H2,(H,27,30). The monoisotopic (exact) mass is 472 g/mol. The molecule has 0 aliphatic heterocycles. The number of thiophene rings is 1. The van der Waals surface area contributed by atoms with Crippen molar-refractivity contribution in [2.45, 2.75) is 30.8 Å². The number of hydrogen-bond acceptors (Lipinski definition) is 6. The molecule has 33 heavy (non-hydrogen) atoms. The number of anilines is 1. The second kappa shape index (κ2) is 9.22. The molecule has 164 valence electrons. The van der Waals surface area contributed by atoms with E-state index in [4.69, 9.17) is 4.98 Å². The van der Waals surface area contributed by atoms with Gasteiger partial charge in [-0.15, -0.1) is 11.3 Å². The van der Waals surface area contributed by atoms with Crippen LogP contribution >= 0.6 is 23.1 Å². The fraction of sp³-hybridized carbons (Fsp3) is 0.200. The van der Waals surface area contributed by atoms with E-state index in [0.29, 0.717) is 16.4 Å². The summed E-state index contributed by atoms with van der Waals surface area (Å²) in [6.07, 6.45) is 4.13.